The first-order valence-corrected chi connectivity index (χ1v) is 7.59. The maximum Gasteiger partial charge on any atom is 0.259 e. The third-order valence-corrected chi connectivity index (χ3v) is 4.26. The largest absolute Gasteiger partial charge is 0.300 e. The number of fused-ring (bicyclic) bond motifs is 5. The summed E-state index contributed by atoms with van der Waals surface area (Å²) < 4.78 is 1.71. The Labute approximate surface area is 133 Å². The Kier molecular flexibility index (Phi) is 2.64. The Balaban J connectivity index is 2.32. The molecule has 0 spiro atoms. The van der Waals surface area contributed by atoms with E-state index in [0.29, 0.717) is 33.3 Å². The molecule has 1 aliphatic carbocycles. The number of hydrogen-bond donors (Lipinski definition) is 0. The number of ketones is 1. The molecule has 0 atom stereocenters. The molecular formula is C19H16N2O2. The van der Waals surface area contributed by atoms with Gasteiger partial charge in [-0.1, -0.05) is 18.2 Å². The van der Waals surface area contributed by atoms with Gasteiger partial charge in [-0.05, 0) is 39.0 Å². The molecule has 2 heterocycles. The van der Waals surface area contributed by atoms with Gasteiger partial charge in [-0.15, -0.1) is 0 Å². The summed E-state index contributed by atoms with van der Waals surface area (Å²) in [5.74, 6) is -0.0581. The fourth-order valence-electron chi connectivity index (χ4n) is 3.36. The van der Waals surface area contributed by atoms with Gasteiger partial charge in [-0.2, -0.15) is 0 Å². The number of carbonyl (C=O) groups excluding carboxylic acids is 1. The summed E-state index contributed by atoms with van der Waals surface area (Å²) in [7, 11) is 0. The average Bonchev–Trinajstić information content (AvgIpc) is 2.80. The zero-order valence-electron chi connectivity index (χ0n) is 13.3. The van der Waals surface area contributed by atoms with E-state index in [4.69, 9.17) is 0 Å². The van der Waals surface area contributed by atoms with Gasteiger partial charge in [0.15, 0.2) is 5.78 Å². The lowest BCUT2D eigenvalue weighted by Crippen LogP contribution is -2.35. The molecule has 0 amide bonds. The van der Waals surface area contributed by atoms with Crippen LogP contribution in [0.25, 0.3) is 22.2 Å². The van der Waals surface area contributed by atoms with Gasteiger partial charge in [0.05, 0.1) is 22.5 Å². The molecule has 0 unspecified atom stereocenters. The molecule has 0 bridgehead atoms. The van der Waals surface area contributed by atoms with Crippen LogP contribution in [-0.4, -0.2) is 15.3 Å². The van der Waals surface area contributed by atoms with E-state index in [1.807, 2.05) is 39.0 Å². The van der Waals surface area contributed by atoms with Gasteiger partial charge in [0, 0.05) is 22.5 Å². The molecule has 3 aromatic rings. The van der Waals surface area contributed by atoms with E-state index < -0.39 is 5.54 Å². The Hall–Kier alpha value is -2.75. The standard InChI is InChI=1S/C19H16N2O2/c1-19(2,3)21-16-14(11-7-4-5-8-12(11)18(21)23)17(22)13-9-6-10-20-15(13)16/h4-10H,1-3H3. The first-order valence-electron chi connectivity index (χ1n) is 7.59. The predicted molar refractivity (Wildman–Crippen MR) is 89.9 cm³/mol. The first kappa shape index (κ1) is 13.9. The highest BCUT2D eigenvalue weighted by molar-refractivity contribution is 6.26. The van der Waals surface area contributed by atoms with E-state index in [2.05, 4.69) is 4.98 Å². The smallest absolute Gasteiger partial charge is 0.259 e. The van der Waals surface area contributed by atoms with Gasteiger partial charge in [0.1, 0.15) is 0 Å². The van der Waals surface area contributed by atoms with Crippen molar-refractivity contribution in [3.05, 3.63) is 64.1 Å². The lowest BCUT2D eigenvalue weighted by Gasteiger charge is -2.26. The van der Waals surface area contributed by atoms with Crippen LogP contribution >= 0.6 is 0 Å². The molecule has 1 aromatic carbocycles. The Morgan fingerprint density at radius 3 is 2.35 bits per heavy atom. The van der Waals surface area contributed by atoms with Crippen LogP contribution in [0.5, 0.6) is 0 Å². The van der Waals surface area contributed by atoms with Crippen molar-refractivity contribution in [1.82, 2.24) is 9.55 Å². The Morgan fingerprint density at radius 1 is 0.957 bits per heavy atom. The van der Waals surface area contributed by atoms with Gasteiger partial charge in [-0.25, -0.2) is 0 Å². The Morgan fingerprint density at radius 2 is 1.65 bits per heavy atom. The number of aromatic nitrogens is 2. The summed E-state index contributed by atoms with van der Waals surface area (Å²) in [5.41, 5.74) is 1.86. The van der Waals surface area contributed by atoms with Crippen LogP contribution in [0.2, 0.25) is 0 Å². The molecule has 4 rings (SSSR count). The van der Waals surface area contributed by atoms with Gasteiger partial charge in [-0.3, -0.25) is 14.6 Å². The van der Waals surface area contributed by atoms with Gasteiger partial charge >= 0.3 is 0 Å². The minimum absolute atomic E-state index is 0.0581. The van der Waals surface area contributed by atoms with Crippen LogP contribution in [0, 0.1) is 0 Å². The zero-order valence-corrected chi connectivity index (χ0v) is 13.3. The second kappa shape index (κ2) is 4.38. The number of pyridine rings is 2. The lowest BCUT2D eigenvalue weighted by atomic mass is 10.00. The molecule has 23 heavy (non-hydrogen) atoms. The maximum atomic E-state index is 13.1. The molecular weight excluding hydrogens is 288 g/mol. The first-order chi connectivity index (χ1) is 10.9. The van der Waals surface area contributed by atoms with E-state index >= 15 is 0 Å². The highest BCUT2D eigenvalue weighted by Gasteiger charge is 2.36. The molecule has 0 aliphatic heterocycles. The van der Waals surface area contributed by atoms with E-state index in [1.165, 1.54) is 0 Å². The van der Waals surface area contributed by atoms with Gasteiger partial charge < -0.3 is 4.57 Å². The van der Waals surface area contributed by atoms with Crippen molar-refractivity contribution in [3.8, 4) is 11.4 Å². The number of benzene rings is 1. The number of rotatable bonds is 0. The van der Waals surface area contributed by atoms with Crippen molar-refractivity contribution in [2.75, 3.05) is 0 Å². The van der Waals surface area contributed by atoms with Crippen LogP contribution in [0.4, 0.5) is 0 Å². The van der Waals surface area contributed by atoms with Crippen LogP contribution in [-0.2, 0) is 5.54 Å². The van der Waals surface area contributed by atoms with Crippen molar-refractivity contribution < 1.29 is 4.79 Å². The molecule has 4 nitrogen and oxygen atoms in total. The van der Waals surface area contributed by atoms with Crippen molar-refractivity contribution >= 4 is 16.6 Å². The zero-order chi connectivity index (χ0) is 16.4. The summed E-state index contributed by atoms with van der Waals surface area (Å²) in [6.07, 6.45) is 1.66. The highest BCUT2D eigenvalue weighted by atomic mass is 16.1. The van der Waals surface area contributed by atoms with Crippen molar-refractivity contribution in [2.24, 2.45) is 0 Å². The summed E-state index contributed by atoms with van der Waals surface area (Å²) in [6, 6.07) is 10.8. The normalized spacial score (nSPS) is 13.3. The summed E-state index contributed by atoms with van der Waals surface area (Å²) in [4.78, 5) is 30.4. The molecule has 0 saturated heterocycles. The van der Waals surface area contributed by atoms with Gasteiger partial charge in [0.2, 0.25) is 0 Å². The second-order valence-corrected chi connectivity index (χ2v) is 6.81. The SMILES string of the molecule is CC(C)(C)n1c2c(c3ccccc3c1=O)C(=O)c1cccnc1-2. The molecule has 0 fully saturated rings. The summed E-state index contributed by atoms with van der Waals surface area (Å²) >= 11 is 0. The van der Waals surface area contributed by atoms with Crippen LogP contribution < -0.4 is 5.56 Å². The van der Waals surface area contributed by atoms with Crippen molar-refractivity contribution in [1.29, 1.82) is 0 Å². The quantitative estimate of drug-likeness (QED) is 0.500. The average molecular weight is 304 g/mol. The predicted octanol–water partition coefficient (Wildman–Crippen LogP) is 3.36. The van der Waals surface area contributed by atoms with E-state index in [1.54, 1.807) is 29.0 Å². The van der Waals surface area contributed by atoms with Crippen LogP contribution in [0.1, 0.15) is 36.7 Å². The second-order valence-electron chi connectivity index (χ2n) is 6.81. The minimum Gasteiger partial charge on any atom is -0.300 e. The van der Waals surface area contributed by atoms with Crippen LogP contribution in [0.15, 0.2) is 47.4 Å². The van der Waals surface area contributed by atoms with Crippen LogP contribution in [0.3, 0.4) is 0 Å². The molecule has 4 heteroatoms. The summed E-state index contributed by atoms with van der Waals surface area (Å²) in [6.45, 7) is 5.90. The number of hydrogen-bond acceptors (Lipinski definition) is 3. The van der Waals surface area contributed by atoms with E-state index in [9.17, 15) is 9.59 Å². The maximum absolute atomic E-state index is 13.1. The minimum atomic E-state index is -0.454. The van der Waals surface area contributed by atoms with Crippen molar-refractivity contribution in [3.63, 3.8) is 0 Å². The Bertz CT molecular complexity index is 1040. The van der Waals surface area contributed by atoms with Gasteiger partial charge in [0.25, 0.3) is 5.56 Å². The molecule has 0 radical (unpaired) electrons. The topological polar surface area (TPSA) is 52.0 Å². The molecule has 0 N–H and O–H groups in total. The highest BCUT2D eigenvalue weighted by Crippen LogP contribution is 2.39. The molecule has 2 aromatic heterocycles. The van der Waals surface area contributed by atoms with Crippen molar-refractivity contribution in [2.45, 2.75) is 26.3 Å². The fraction of sp³-hybridized carbons (Fsp3) is 0.211. The monoisotopic (exact) mass is 304 g/mol. The molecule has 114 valence electrons. The number of nitrogens with zero attached hydrogens (tertiary/aromatic N) is 2. The van der Waals surface area contributed by atoms with E-state index in [0.717, 1.165) is 0 Å². The fourth-order valence-corrected chi connectivity index (χ4v) is 3.36. The third-order valence-electron chi connectivity index (χ3n) is 4.26. The van der Waals surface area contributed by atoms with E-state index in [-0.39, 0.29) is 11.3 Å². The molecule has 0 saturated carbocycles. The number of carbonyl (C=O) groups is 1. The third kappa shape index (κ3) is 1.75. The summed E-state index contributed by atoms with van der Waals surface area (Å²) in [5, 5.41) is 1.28. The lowest BCUT2D eigenvalue weighted by molar-refractivity contribution is 0.104. The molecule has 1 aliphatic rings.